The van der Waals surface area contributed by atoms with Gasteiger partial charge in [-0.05, 0) is 30.7 Å². The molecule has 7 heteroatoms. The van der Waals surface area contributed by atoms with Gasteiger partial charge in [0.2, 0.25) is 5.82 Å². The molecule has 1 aromatic carbocycles. The predicted octanol–water partition coefficient (Wildman–Crippen LogP) is 3.77. The molecule has 0 saturated carbocycles. The third-order valence-electron chi connectivity index (χ3n) is 3.87. The molecule has 26 heavy (non-hydrogen) atoms. The molecule has 2 aromatic heterocycles. The van der Waals surface area contributed by atoms with Crippen molar-refractivity contribution >= 4 is 11.5 Å². The molecule has 128 valence electrons. The van der Waals surface area contributed by atoms with Gasteiger partial charge < -0.3 is 5.32 Å². The Labute approximate surface area is 150 Å². The average Bonchev–Trinajstić information content (AvgIpc) is 2.66. The zero-order chi connectivity index (χ0) is 18.5. The monoisotopic (exact) mass is 345 g/mol. The third kappa shape index (κ3) is 3.49. The van der Waals surface area contributed by atoms with Crippen LogP contribution in [-0.4, -0.2) is 14.9 Å². The van der Waals surface area contributed by atoms with Gasteiger partial charge in [-0.3, -0.25) is 15.1 Å². The van der Waals surface area contributed by atoms with E-state index in [2.05, 4.69) is 15.3 Å². The summed E-state index contributed by atoms with van der Waals surface area (Å²) in [4.78, 5) is 19.3. The first-order valence-electron chi connectivity index (χ1n) is 7.87. The molecule has 3 rings (SSSR count). The van der Waals surface area contributed by atoms with Gasteiger partial charge in [-0.25, -0.2) is 4.98 Å². The number of aryl methyl sites for hydroxylation is 1. The lowest BCUT2D eigenvalue weighted by molar-refractivity contribution is -0.384. The van der Waals surface area contributed by atoms with Gasteiger partial charge in [0.25, 0.3) is 0 Å². The van der Waals surface area contributed by atoms with E-state index in [0.717, 1.165) is 11.1 Å². The maximum Gasteiger partial charge on any atom is 0.329 e. The molecule has 2 heterocycles. The van der Waals surface area contributed by atoms with Crippen LogP contribution in [-0.2, 0) is 0 Å². The van der Waals surface area contributed by atoms with E-state index < -0.39 is 11.0 Å². The summed E-state index contributed by atoms with van der Waals surface area (Å²) in [6.45, 7) is 1.97. The lowest BCUT2D eigenvalue weighted by Crippen LogP contribution is -2.16. The van der Waals surface area contributed by atoms with E-state index in [1.807, 2.05) is 49.4 Å². The van der Waals surface area contributed by atoms with Crippen molar-refractivity contribution in [1.29, 1.82) is 5.26 Å². The third-order valence-corrected chi connectivity index (χ3v) is 3.87. The van der Waals surface area contributed by atoms with Crippen LogP contribution in [0.1, 0.15) is 28.4 Å². The molecule has 0 aliphatic heterocycles. The molecule has 0 amide bonds. The fraction of sp³-hybridized carbons (Fsp3) is 0.105. The van der Waals surface area contributed by atoms with Crippen LogP contribution in [0.3, 0.4) is 0 Å². The smallest absolute Gasteiger partial charge is 0.329 e. The summed E-state index contributed by atoms with van der Waals surface area (Å²) in [7, 11) is 0. The normalized spacial score (nSPS) is 11.4. The molecule has 1 N–H and O–H groups in total. The molecule has 0 bridgehead atoms. The van der Waals surface area contributed by atoms with Crippen molar-refractivity contribution in [3.05, 3.63) is 93.4 Å². The first-order chi connectivity index (χ1) is 12.6. The van der Waals surface area contributed by atoms with Crippen molar-refractivity contribution in [2.45, 2.75) is 13.0 Å². The zero-order valence-electron chi connectivity index (χ0n) is 14.0. The van der Waals surface area contributed by atoms with E-state index in [0.29, 0.717) is 5.69 Å². The second-order valence-electron chi connectivity index (χ2n) is 5.67. The Bertz CT molecular complexity index is 983. The van der Waals surface area contributed by atoms with Gasteiger partial charge in [0.05, 0.1) is 16.7 Å². The van der Waals surface area contributed by atoms with Crippen LogP contribution in [0, 0.1) is 28.4 Å². The number of hydrogen-bond donors (Lipinski definition) is 1. The first kappa shape index (κ1) is 17.0. The summed E-state index contributed by atoms with van der Waals surface area (Å²) in [6.07, 6.45) is 3.03. The van der Waals surface area contributed by atoms with Crippen molar-refractivity contribution in [3.63, 3.8) is 0 Å². The number of nitriles is 1. The van der Waals surface area contributed by atoms with Crippen LogP contribution in [0.4, 0.5) is 11.5 Å². The van der Waals surface area contributed by atoms with Crippen LogP contribution < -0.4 is 5.32 Å². The summed E-state index contributed by atoms with van der Waals surface area (Å²) >= 11 is 0. The molecule has 1 atom stereocenters. The summed E-state index contributed by atoms with van der Waals surface area (Å²) < 4.78 is 0. The minimum atomic E-state index is -0.598. The fourth-order valence-electron chi connectivity index (χ4n) is 2.70. The molecule has 3 aromatic rings. The van der Waals surface area contributed by atoms with Crippen LogP contribution in [0.15, 0.2) is 60.9 Å². The van der Waals surface area contributed by atoms with Crippen LogP contribution in [0.5, 0.6) is 0 Å². The summed E-state index contributed by atoms with van der Waals surface area (Å²) in [6, 6.07) is 16.0. The van der Waals surface area contributed by atoms with Crippen molar-refractivity contribution in [2.24, 2.45) is 0 Å². The Kier molecular flexibility index (Phi) is 4.85. The number of benzene rings is 1. The lowest BCUT2D eigenvalue weighted by Gasteiger charge is -2.20. The highest BCUT2D eigenvalue weighted by molar-refractivity contribution is 5.65. The molecule has 0 spiro atoms. The van der Waals surface area contributed by atoms with Gasteiger partial charge >= 0.3 is 5.69 Å². The van der Waals surface area contributed by atoms with Gasteiger partial charge in [-0.1, -0.05) is 35.9 Å². The lowest BCUT2D eigenvalue weighted by atomic mass is 10.0. The number of nitrogens with one attached hydrogen (secondary N) is 1. The van der Waals surface area contributed by atoms with Gasteiger partial charge in [0.1, 0.15) is 11.6 Å². The van der Waals surface area contributed by atoms with Crippen molar-refractivity contribution in [1.82, 2.24) is 9.97 Å². The molecule has 0 aliphatic rings. The Morgan fingerprint density at radius 3 is 2.65 bits per heavy atom. The predicted molar refractivity (Wildman–Crippen MR) is 96.5 cm³/mol. The Hall–Kier alpha value is -3.79. The number of nitrogens with zero attached hydrogens (tertiary/aromatic N) is 4. The summed E-state index contributed by atoms with van der Waals surface area (Å²) in [5.41, 5.74) is 2.25. The number of hydrogen-bond acceptors (Lipinski definition) is 6. The summed E-state index contributed by atoms with van der Waals surface area (Å²) in [5, 5.41) is 23.7. The Morgan fingerprint density at radius 1 is 1.15 bits per heavy atom. The maximum atomic E-state index is 11.5. The average molecular weight is 345 g/mol. The highest BCUT2D eigenvalue weighted by Crippen LogP contribution is 2.31. The van der Waals surface area contributed by atoms with E-state index in [1.165, 1.54) is 12.3 Å². The Morgan fingerprint density at radius 2 is 2.00 bits per heavy atom. The number of rotatable bonds is 5. The first-order valence-corrected chi connectivity index (χ1v) is 7.87. The SMILES string of the molecule is Cc1cccc(C(Nc2nccc(C#N)c2[N+](=O)[O-])c2ccccn2)c1. The van der Waals surface area contributed by atoms with E-state index >= 15 is 0 Å². The molecular formula is C19H15N5O2. The highest BCUT2D eigenvalue weighted by atomic mass is 16.6. The van der Waals surface area contributed by atoms with E-state index in [9.17, 15) is 15.4 Å². The molecule has 0 saturated heterocycles. The second-order valence-corrected chi connectivity index (χ2v) is 5.67. The highest BCUT2D eigenvalue weighted by Gasteiger charge is 2.25. The standard InChI is InChI=1S/C19H15N5O2/c1-13-5-4-6-14(11-13)17(16-7-2-3-9-21-16)23-19-18(24(25)26)15(12-20)8-10-22-19/h2-11,17H,1H3,(H,22,23). The molecule has 0 fully saturated rings. The van der Waals surface area contributed by atoms with Crippen LogP contribution in [0.2, 0.25) is 0 Å². The van der Waals surface area contributed by atoms with Gasteiger partial charge in [-0.15, -0.1) is 0 Å². The topological polar surface area (TPSA) is 105 Å². The molecular weight excluding hydrogens is 330 g/mol. The van der Waals surface area contributed by atoms with Crippen molar-refractivity contribution < 1.29 is 4.92 Å². The van der Waals surface area contributed by atoms with Crippen LogP contribution in [0.25, 0.3) is 0 Å². The largest absolute Gasteiger partial charge is 0.352 e. The van der Waals surface area contributed by atoms with Crippen LogP contribution >= 0.6 is 0 Å². The van der Waals surface area contributed by atoms with Gasteiger partial charge in [0.15, 0.2) is 0 Å². The molecule has 0 radical (unpaired) electrons. The Balaban J connectivity index is 2.11. The van der Waals surface area contributed by atoms with E-state index in [1.54, 1.807) is 12.3 Å². The molecule has 7 nitrogen and oxygen atoms in total. The second kappa shape index (κ2) is 7.40. The quantitative estimate of drug-likeness (QED) is 0.557. The maximum absolute atomic E-state index is 11.5. The number of pyridine rings is 2. The fourth-order valence-corrected chi connectivity index (χ4v) is 2.70. The van der Waals surface area contributed by atoms with Crippen molar-refractivity contribution in [2.75, 3.05) is 5.32 Å². The molecule has 1 unspecified atom stereocenters. The minimum absolute atomic E-state index is 0.0335. The minimum Gasteiger partial charge on any atom is -0.352 e. The zero-order valence-corrected chi connectivity index (χ0v) is 14.0. The van der Waals surface area contributed by atoms with E-state index in [-0.39, 0.29) is 17.1 Å². The van der Waals surface area contributed by atoms with Crippen molar-refractivity contribution in [3.8, 4) is 6.07 Å². The number of anilines is 1. The van der Waals surface area contributed by atoms with Gasteiger partial charge in [0, 0.05) is 12.4 Å². The number of aromatic nitrogens is 2. The van der Waals surface area contributed by atoms with Gasteiger partial charge in [-0.2, -0.15) is 5.26 Å². The number of nitro groups is 1. The summed E-state index contributed by atoms with van der Waals surface area (Å²) in [5.74, 6) is 0.0335. The van der Waals surface area contributed by atoms with E-state index in [4.69, 9.17) is 0 Å². The molecule has 0 aliphatic carbocycles.